The maximum absolute atomic E-state index is 5.84. The number of nitrogens with two attached hydrogens (primary N) is 1. The van der Waals surface area contributed by atoms with Gasteiger partial charge in [-0.2, -0.15) is 0 Å². The van der Waals surface area contributed by atoms with Crippen LogP contribution in [-0.2, 0) is 0 Å². The van der Waals surface area contributed by atoms with Crippen LogP contribution in [0, 0.1) is 11.8 Å². The number of allylic oxidation sites excluding steroid dienone is 4. The van der Waals surface area contributed by atoms with Crippen LogP contribution in [0.15, 0.2) is 35.6 Å². The molecule has 0 radical (unpaired) electrons. The first-order chi connectivity index (χ1) is 5.59. The van der Waals surface area contributed by atoms with Crippen LogP contribution in [-0.4, -0.2) is 0 Å². The SMILES string of the molecule is C=C/C=C(\N)C1=C(C(C)C)C1C. The van der Waals surface area contributed by atoms with Crippen molar-refractivity contribution < 1.29 is 0 Å². The molecule has 66 valence electrons. The highest BCUT2D eigenvalue weighted by atomic mass is 14.6. The monoisotopic (exact) mass is 163 g/mol. The molecule has 0 heterocycles. The largest absolute Gasteiger partial charge is 0.398 e. The Labute approximate surface area is 74.7 Å². The third-order valence-electron chi connectivity index (χ3n) is 2.36. The molecule has 0 spiro atoms. The van der Waals surface area contributed by atoms with Gasteiger partial charge in [0.1, 0.15) is 0 Å². The summed E-state index contributed by atoms with van der Waals surface area (Å²) in [5.74, 6) is 1.23. The van der Waals surface area contributed by atoms with Crippen molar-refractivity contribution >= 4 is 0 Å². The van der Waals surface area contributed by atoms with Gasteiger partial charge in [-0.05, 0) is 17.6 Å². The molecule has 0 amide bonds. The normalized spacial score (nSPS) is 23.3. The van der Waals surface area contributed by atoms with Crippen LogP contribution in [0.4, 0.5) is 0 Å². The second kappa shape index (κ2) is 3.18. The van der Waals surface area contributed by atoms with Crippen molar-refractivity contribution in [3.8, 4) is 0 Å². The van der Waals surface area contributed by atoms with E-state index >= 15 is 0 Å². The first-order valence-electron chi connectivity index (χ1n) is 4.42. The summed E-state index contributed by atoms with van der Waals surface area (Å²) < 4.78 is 0. The molecule has 12 heavy (non-hydrogen) atoms. The fourth-order valence-corrected chi connectivity index (χ4v) is 1.80. The third kappa shape index (κ3) is 1.45. The lowest BCUT2D eigenvalue weighted by atomic mass is 10.1. The lowest BCUT2D eigenvalue weighted by molar-refractivity contribution is 0.750. The van der Waals surface area contributed by atoms with Gasteiger partial charge in [-0.15, -0.1) is 0 Å². The second-order valence-corrected chi connectivity index (χ2v) is 3.60. The van der Waals surface area contributed by atoms with Crippen molar-refractivity contribution in [2.75, 3.05) is 0 Å². The molecule has 0 aromatic rings. The molecule has 2 N–H and O–H groups in total. The average Bonchev–Trinajstić information content (AvgIpc) is 2.62. The van der Waals surface area contributed by atoms with E-state index in [1.807, 2.05) is 6.08 Å². The molecule has 0 aromatic carbocycles. The smallest absolute Gasteiger partial charge is 0.0352 e. The third-order valence-corrected chi connectivity index (χ3v) is 2.36. The molecule has 0 aromatic heterocycles. The van der Waals surface area contributed by atoms with E-state index in [1.165, 1.54) is 11.1 Å². The number of rotatable bonds is 3. The summed E-state index contributed by atoms with van der Waals surface area (Å²) in [6, 6.07) is 0. The maximum Gasteiger partial charge on any atom is 0.0352 e. The van der Waals surface area contributed by atoms with Crippen LogP contribution in [0.3, 0.4) is 0 Å². The Bertz CT molecular complexity index is 256. The molecule has 0 fully saturated rings. The Balaban J connectivity index is 2.79. The van der Waals surface area contributed by atoms with Crippen molar-refractivity contribution in [3.63, 3.8) is 0 Å². The first-order valence-corrected chi connectivity index (χ1v) is 4.42. The second-order valence-electron chi connectivity index (χ2n) is 3.60. The molecular weight excluding hydrogens is 146 g/mol. The summed E-state index contributed by atoms with van der Waals surface area (Å²) in [4.78, 5) is 0. The van der Waals surface area contributed by atoms with Crippen molar-refractivity contribution in [1.29, 1.82) is 0 Å². The van der Waals surface area contributed by atoms with Crippen molar-refractivity contribution in [3.05, 3.63) is 35.6 Å². The topological polar surface area (TPSA) is 26.0 Å². The zero-order chi connectivity index (χ0) is 9.30. The lowest BCUT2D eigenvalue weighted by Crippen LogP contribution is -1.95. The van der Waals surface area contributed by atoms with E-state index in [-0.39, 0.29) is 0 Å². The fourth-order valence-electron chi connectivity index (χ4n) is 1.80. The Hall–Kier alpha value is -0.980. The molecule has 1 aliphatic carbocycles. The summed E-state index contributed by atoms with van der Waals surface area (Å²) in [5.41, 5.74) is 9.57. The lowest BCUT2D eigenvalue weighted by Gasteiger charge is -1.94. The predicted molar refractivity (Wildman–Crippen MR) is 53.5 cm³/mol. The van der Waals surface area contributed by atoms with Gasteiger partial charge in [-0.3, -0.25) is 0 Å². The Morgan fingerprint density at radius 1 is 1.58 bits per heavy atom. The molecule has 1 rings (SSSR count). The van der Waals surface area contributed by atoms with Gasteiger partial charge in [0.25, 0.3) is 0 Å². The molecule has 1 unspecified atom stereocenters. The van der Waals surface area contributed by atoms with Gasteiger partial charge in [0.05, 0.1) is 0 Å². The Kier molecular flexibility index (Phi) is 2.41. The standard InChI is InChI=1S/C11H17N/c1-5-6-9(12)11-8(4)10(11)7(2)3/h5-8H,1,12H2,2-4H3/b9-6-. The maximum atomic E-state index is 5.84. The van der Waals surface area contributed by atoms with E-state index in [2.05, 4.69) is 27.4 Å². The minimum Gasteiger partial charge on any atom is -0.398 e. The molecule has 0 saturated heterocycles. The summed E-state index contributed by atoms with van der Waals surface area (Å²) in [5, 5.41) is 0. The van der Waals surface area contributed by atoms with Crippen LogP contribution in [0.1, 0.15) is 20.8 Å². The molecule has 1 atom stereocenters. The van der Waals surface area contributed by atoms with Gasteiger partial charge in [-0.1, -0.05) is 39.0 Å². The molecular formula is C11H17N. The minimum atomic E-state index is 0.598. The molecule has 1 heteroatoms. The van der Waals surface area contributed by atoms with E-state index in [9.17, 15) is 0 Å². The van der Waals surface area contributed by atoms with E-state index in [1.54, 1.807) is 6.08 Å². The van der Waals surface area contributed by atoms with Gasteiger partial charge >= 0.3 is 0 Å². The summed E-state index contributed by atoms with van der Waals surface area (Å²) in [6.07, 6.45) is 3.62. The fraction of sp³-hybridized carbons (Fsp3) is 0.455. The Morgan fingerprint density at radius 3 is 2.50 bits per heavy atom. The zero-order valence-corrected chi connectivity index (χ0v) is 8.09. The first kappa shape index (κ1) is 9.11. The minimum absolute atomic E-state index is 0.598. The molecule has 0 aliphatic heterocycles. The van der Waals surface area contributed by atoms with E-state index < -0.39 is 0 Å². The van der Waals surface area contributed by atoms with Crippen LogP contribution in [0.25, 0.3) is 0 Å². The highest BCUT2D eigenvalue weighted by Gasteiger charge is 2.34. The van der Waals surface area contributed by atoms with Crippen LogP contribution < -0.4 is 5.73 Å². The Morgan fingerprint density at radius 2 is 2.17 bits per heavy atom. The summed E-state index contributed by atoms with van der Waals surface area (Å²) in [6.45, 7) is 10.2. The van der Waals surface area contributed by atoms with Crippen molar-refractivity contribution in [2.45, 2.75) is 20.8 Å². The van der Waals surface area contributed by atoms with Gasteiger partial charge < -0.3 is 5.73 Å². The molecule has 0 saturated carbocycles. The van der Waals surface area contributed by atoms with E-state index in [0.29, 0.717) is 11.8 Å². The average molecular weight is 163 g/mol. The van der Waals surface area contributed by atoms with Crippen LogP contribution in [0.2, 0.25) is 0 Å². The highest BCUT2D eigenvalue weighted by Crippen LogP contribution is 2.46. The quantitative estimate of drug-likeness (QED) is 0.636. The predicted octanol–water partition coefficient (Wildman–Crippen LogP) is 2.62. The van der Waals surface area contributed by atoms with E-state index in [4.69, 9.17) is 5.73 Å². The summed E-state index contributed by atoms with van der Waals surface area (Å²) >= 11 is 0. The zero-order valence-electron chi connectivity index (χ0n) is 8.09. The molecule has 1 nitrogen and oxygen atoms in total. The number of hydrogen-bond donors (Lipinski definition) is 1. The van der Waals surface area contributed by atoms with Crippen molar-refractivity contribution in [2.24, 2.45) is 17.6 Å². The van der Waals surface area contributed by atoms with Crippen LogP contribution >= 0.6 is 0 Å². The summed E-state index contributed by atoms with van der Waals surface area (Å²) in [7, 11) is 0. The van der Waals surface area contributed by atoms with Gasteiger partial charge in [0, 0.05) is 11.6 Å². The van der Waals surface area contributed by atoms with Gasteiger partial charge in [0.2, 0.25) is 0 Å². The highest BCUT2D eigenvalue weighted by molar-refractivity contribution is 5.53. The van der Waals surface area contributed by atoms with Crippen molar-refractivity contribution in [1.82, 2.24) is 0 Å². The van der Waals surface area contributed by atoms with E-state index in [0.717, 1.165) is 5.70 Å². The van der Waals surface area contributed by atoms with Gasteiger partial charge in [0.15, 0.2) is 0 Å². The number of hydrogen-bond acceptors (Lipinski definition) is 1. The molecule has 1 aliphatic rings. The van der Waals surface area contributed by atoms with Gasteiger partial charge in [-0.25, -0.2) is 0 Å². The molecule has 0 bridgehead atoms. The van der Waals surface area contributed by atoms with Crippen LogP contribution in [0.5, 0.6) is 0 Å².